The van der Waals surface area contributed by atoms with Crippen LogP contribution in [-0.2, 0) is 14.3 Å². The van der Waals surface area contributed by atoms with Crippen LogP contribution in [0, 0.1) is 5.92 Å². The maximum atomic E-state index is 11.7. The lowest BCUT2D eigenvalue weighted by Gasteiger charge is -2.13. The summed E-state index contributed by atoms with van der Waals surface area (Å²) < 4.78 is 4.61. The fourth-order valence-electron chi connectivity index (χ4n) is 1.34. The number of methoxy groups -OCH3 is 1. The summed E-state index contributed by atoms with van der Waals surface area (Å²) in [4.78, 5) is 27.2. The van der Waals surface area contributed by atoms with Gasteiger partial charge in [-0.05, 0) is 6.42 Å². The first-order valence-electron chi connectivity index (χ1n) is 4.95. The van der Waals surface area contributed by atoms with Crippen molar-refractivity contribution in [2.75, 3.05) is 13.7 Å². The van der Waals surface area contributed by atoms with E-state index in [2.05, 4.69) is 9.73 Å². The van der Waals surface area contributed by atoms with Crippen LogP contribution in [0.3, 0.4) is 0 Å². The van der Waals surface area contributed by atoms with Crippen molar-refractivity contribution in [3.8, 4) is 0 Å². The molecule has 0 fully saturated rings. The summed E-state index contributed by atoms with van der Waals surface area (Å²) in [5, 5.41) is 0. The topological polar surface area (TPSA) is 55.7 Å². The summed E-state index contributed by atoms with van der Waals surface area (Å²) in [6.45, 7) is 4.14. The Hall–Kier alpha value is -1.45. The molecule has 0 bridgehead atoms. The van der Waals surface area contributed by atoms with Crippen LogP contribution >= 0.6 is 0 Å². The fourth-order valence-corrected chi connectivity index (χ4v) is 1.34. The van der Waals surface area contributed by atoms with Gasteiger partial charge in [0.05, 0.1) is 12.7 Å². The second kappa shape index (κ2) is 4.87. The van der Waals surface area contributed by atoms with Crippen LogP contribution < -0.4 is 0 Å². The molecule has 0 N–H and O–H groups in total. The quantitative estimate of drug-likeness (QED) is 0.655. The zero-order chi connectivity index (χ0) is 11.4. The van der Waals surface area contributed by atoms with Crippen molar-refractivity contribution < 1.29 is 14.3 Å². The largest absolute Gasteiger partial charge is 0.465 e. The van der Waals surface area contributed by atoms with Crippen LogP contribution in [0.2, 0.25) is 0 Å². The first-order valence-corrected chi connectivity index (χ1v) is 4.95. The van der Waals surface area contributed by atoms with Crippen LogP contribution in [0.25, 0.3) is 0 Å². The second-order valence-electron chi connectivity index (χ2n) is 3.65. The predicted molar refractivity (Wildman–Crippen MR) is 56.9 cm³/mol. The van der Waals surface area contributed by atoms with Crippen molar-refractivity contribution in [2.24, 2.45) is 10.9 Å². The normalized spacial score (nSPS) is 15.7. The Morgan fingerprint density at radius 2 is 2.13 bits per heavy atom. The number of rotatable bonds is 3. The highest BCUT2D eigenvalue weighted by Crippen LogP contribution is 2.13. The van der Waals surface area contributed by atoms with Crippen LogP contribution in [0.15, 0.2) is 16.6 Å². The van der Waals surface area contributed by atoms with E-state index in [-0.39, 0.29) is 17.4 Å². The molecule has 0 amide bonds. The van der Waals surface area contributed by atoms with E-state index in [0.29, 0.717) is 18.5 Å². The summed E-state index contributed by atoms with van der Waals surface area (Å²) in [5.74, 6) is -0.747. The van der Waals surface area contributed by atoms with E-state index in [1.165, 1.54) is 7.11 Å². The van der Waals surface area contributed by atoms with E-state index in [0.717, 1.165) is 0 Å². The van der Waals surface area contributed by atoms with E-state index >= 15 is 0 Å². The summed E-state index contributed by atoms with van der Waals surface area (Å²) in [6.07, 6.45) is 2.40. The lowest BCUT2D eigenvalue weighted by atomic mass is 9.96. The Bertz CT molecular complexity index is 340. The molecule has 0 aliphatic carbocycles. The van der Waals surface area contributed by atoms with Crippen LogP contribution in [0.4, 0.5) is 0 Å². The maximum Gasteiger partial charge on any atom is 0.339 e. The van der Waals surface area contributed by atoms with E-state index in [4.69, 9.17) is 0 Å². The van der Waals surface area contributed by atoms with Gasteiger partial charge in [-0.3, -0.25) is 9.79 Å². The first kappa shape index (κ1) is 11.6. The molecule has 0 radical (unpaired) electrons. The molecule has 4 heteroatoms. The molecule has 0 unspecified atom stereocenters. The molecule has 0 saturated heterocycles. The first-order chi connectivity index (χ1) is 7.07. The van der Waals surface area contributed by atoms with Gasteiger partial charge in [0.25, 0.3) is 0 Å². The Kier molecular flexibility index (Phi) is 3.77. The molecule has 0 saturated carbocycles. The van der Waals surface area contributed by atoms with Crippen molar-refractivity contribution in [1.29, 1.82) is 0 Å². The zero-order valence-electron chi connectivity index (χ0n) is 9.24. The van der Waals surface area contributed by atoms with Crippen molar-refractivity contribution in [2.45, 2.75) is 20.3 Å². The van der Waals surface area contributed by atoms with Gasteiger partial charge in [0.1, 0.15) is 5.71 Å². The maximum absolute atomic E-state index is 11.7. The summed E-state index contributed by atoms with van der Waals surface area (Å²) in [6, 6.07) is 0. The number of Topliss-reactive ketones (excluding diaryl/α,β-unsaturated/α-hetero) is 1. The van der Waals surface area contributed by atoms with Crippen molar-refractivity contribution in [3.05, 3.63) is 11.6 Å². The zero-order valence-corrected chi connectivity index (χ0v) is 9.24. The van der Waals surface area contributed by atoms with Crippen molar-refractivity contribution in [3.63, 3.8) is 0 Å². The molecular weight excluding hydrogens is 194 g/mol. The minimum Gasteiger partial charge on any atom is -0.465 e. The second-order valence-corrected chi connectivity index (χ2v) is 3.65. The number of carbonyl (C=O) groups excluding carboxylic acids is 2. The molecule has 82 valence electrons. The fraction of sp³-hybridized carbons (Fsp3) is 0.545. The highest BCUT2D eigenvalue weighted by Gasteiger charge is 2.26. The summed E-state index contributed by atoms with van der Waals surface area (Å²) in [7, 11) is 1.30. The number of ketones is 1. The molecule has 0 aromatic heterocycles. The molecule has 1 heterocycles. The molecule has 1 aliphatic heterocycles. The SMILES string of the molecule is COC(=O)C1=CCCN=C1C(=O)C(C)C. The van der Waals surface area contributed by atoms with Gasteiger partial charge in [0, 0.05) is 12.5 Å². The lowest BCUT2D eigenvalue weighted by Crippen LogP contribution is -2.28. The number of nitrogens with zero attached hydrogens (tertiary/aromatic N) is 1. The van der Waals surface area contributed by atoms with Gasteiger partial charge in [-0.2, -0.15) is 0 Å². The number of dihydropyridines is 1. The highest BCUT2D eigenvalue weighted by molar-refractivity contribution is 6.51. The molecular formula is C11H15NO3. The van der Waals surface area contributed by atoms with Crippen molar-refractivity contribution >= 4 is 17.5 Å². The minimum absolute atomic E-state index is 0.105. The molecule has 4 nitrogen and oxygen atoms in total. The number of aliphatic imine (C=N–C) groups is 1. The standard InChI is InChI=1S/C11H15NO3/c1-7(2)10(13)9-8(11(14)15-3)5-4-6-12-9/h5,7H,4,6H2,1-3H3. The van der Waals surface area contributed by atoms with Gasteiger partial charge in [0.2, 0.25) is 0 Å². The Balaban J connectivity index is 2.96. The van der Waals surface area contributed by atoms with Crippen LogP contribution in [-0.4, -0.2) is 31.1 Å². The average molecular weight is 209 g/mol. The molecule has 0 aromatic rings. The van der Waals surface area contributed by atoms with Crippen LogP contribution in [0.5, 0.6) is 0 Å². The number of ether oxygens (including phenoxy) is 1. The molecule has 1 aliphatic rings. The third kappa shape index (κ3) is 2.52. The number of carbonyl (C=O) groups is 2. The third-order valence-electron chi connectivity index (χ3n) is 2.17. The third-order valence-corrected chi connectivity index (χ3v) is 2.17. The summed E-state index contributed by atoms with van der Waals surface area (Å²) >= 11 is 0. The monoisotopic (exact) mass is 209 g/mol. The lowest BCUT2D eigenvalue weighted by molar-refractivity contribution is -0.135. The number of hydrogen-bond acceptors (Lipinski definition) is 4. The van der Waals surface area contributed by atoms with Gasteiger partial charge in [-0.25, -0.2) is 4.79 Å². The minimum atomic E-state index is -0.484. The van der Waals surface area contributed by atoms with E-state index in [1.54, 1.807) is 19.9 Å². The van der Waals surface area contributed by atoms with Gasteiger partial charge in [-0.1, -0.05) is 19.9 Å². The van der Waals surface area contributed by atoms with Gasteiger partial charge < -0.3 is 4.74 Å². The van der Waals surface area contributed by atoms with Crippen LogP contribution in [0.1, 0.15) is 20.3 Å². The molecule has 1 rings (SSSR count). The Labute approximate surface area is 89.0 Å². The smallest absolute Gasteiger partial charge is 0.339 e. The molecule has 15 heavy (non-hydrogen) atoms. The Morgan fingerprint density at radius 1 is 1.47 bits per heavy atom. The molecule has 0 atom stereocenters. The van der Waals surface area contributed by atoms with Crippen molar-refractivity contribution in [1.82, 2.24) is 0 Å². The van der Waals surface area contributed by atoms with Gasteiger partial charge >= 0.3 is 5.97 Å². The Morgan fingerprint density at radius 3 is 2.67 bits per heavy atom. The average Bonchev–Trinajstić information content (AvgIpc) is 2.27. The number of esters is 1. The van der Waals surface area contributed by atoms with E-state index in [9.17, 15) is 9.59 Å². The van der Waals surface area contributed by atoms with E-state index in [1.807, 2.05) is 0 Å². The molecule has 0 spiro atoms. The highest BCUT2D eigenvalue weighted by atomic mass is 16.5. The van der Waals surface area contributed by atoms with E-state index < -0.39 is 5.97 Å². The van der Waals surface area contributed by atoms with Gasteiger partial charge in [0.15, 0.2) is 5.78 Å². The summed E-state index contributed by atoms with van der Waals surface area (Å²) in [5.41, 5.74) is 0.575. The van der Waals surface area contributed by atoms with Gasteiger partial charge in [-0.15, -0.1) is 0 Å². The number of hydrogen-bond donors (Lipinski definition) is 0. The molecule has 0 aromatic carbocycles. The predicted octanol–water partition coefficient (Wildman–Crippen LogP) is 1.16.